The minimum absolute atomic E-state index is 0.453. The molecule has 0 aromatic rings. The van der Waals surface area contributed by atoms with Crippen molar-refractivity contribution in [2.45, 2.75) is 0 Å². The minimum atomic E-state index is -1.52. The number of rotatable bonds is 1. The minimum Gasteiger partial charge on any atom is -0.464 e. The van der Waals surface area contributed by atoms with Gasteiger partial charge >= 0.3 is 5.97 Å². The highest BCUT2D eigenvalue weighted by Crippen LogP contribution is 1.97. The lowest BCUT2D eigenvalue weighted by atomic mass is 10.6. The van der Waals surface area contributed by atoms with Crippen LogP contribution >= 0.6 is 0 Å². The van der Waals surface area contributed by atoms with E-state index in [1.165, 1.54) is 0 Å². The summed E-state index contributed by atoms with van der Waals surface area (Å²) in [6.07, 6.45) is -0.453. The van der Waals surface area contributed by atoms with Gasteiger partial charge in [-0.25, -0.2) is 9.18 Å². The second kappa shape index (κ2) is 3.12. The highest BCUT2D eigenvalue weighted by atomic mass is 19.2. The first-order chi connectivity index (χ1) is 3.72. The molecule has 0 saturated heterocycles. The molecule has 0 amide bonds. The Labute approximate surface area is 44.8 Å². The fraction of sp³-hybridized carbons (Fsp3) is 0.250. The summed E-state index contributed by atoms with van der Waals surface area (Å²) in [4.78, 5) is 9.84. The molecule has 0 spiro atoms. The zero-order chi connectivity index (χ0) is 6.57. The van der Waals surface area contributed by atoms with Crippen LogP contribution in [-0.2, 0) is 9.53 Å². The standard InChI is InChI=1S/C4H4F2O2/c1-8-4(7)3(6)2-5/h2H,1H3/b3-2+. The molecular weight excluding hydrogens is 118 g/mol. The van der Waals surface area contributed by atoms with Crippen LogP contribution in [0.1, 0.15) is 0 Å². The normalized spacial score (nSPS) is 11.1. The number of esters is 1. The molecule has 2 nitrogen and oxygen atoms in total. The Hall–Kier alpha value is -0.930. The summed E-state index contributed by atoms with van der Waals surface area (Å²) in [5.41, 5.74) is 0. The second-order valence-corrected chi connectivity index (χ2v) is 0.949. The number of carbonyl (C=O) groups is 1. The molecule has 0 radical (unpaired) electrons. The molecule has 0 bridgehead atoms. The van der Waals surface area contributed by atoms with Crippen LogP contribution in [0.3, 0.4) is 0 Å². The Morgan fingerprint density at radius 1 is 1.75 bits per heavy atom. The van der Waals surface area contributed by atoms with Crippen molar-refractivity contribution in [1.82, 2.24) is 0 Å². The van der Waals surface area contributed by atoms with Crippen molar-refractivity contribution < 1.29 is 18.3 Å². The SMILES string of the molecule is COC(=O)/C(F)=C\F. The van der Waals surface area contributed by atoms with E-state index in [4.69, 9.17) is 0 Å². The molecule has 0 saturated carbocycles. The quantitative estimate of drug-likeness (QED) is 0.382. The van der Waals surface area contributed by atoms with E-state index in [-0.39, 0.29) is 0 Å². The average molecular weight is 122 g/mol. The van der Waals surface area contributed by atoms with Crippen LogP contribution in [0.25, 0.3) is 0 Å². The maximum Gasteiger partial charge on any atom is 0.369 e. The van der Waals surface area contributed by atoms with E-state index >= 15 is 0 Å². The molecule has 0 N–H and O–H groups in total. The van der Waals surface area contributed by atoms with E-state index in [9.17, 15) is 13.6 Å². The largest absolute Gasteiger partial charge is 0.464 e. The van der Waals surface area contributed by atoms with Gasteiger partial charge in [0.1, 0.15) is 6.33 Å². The highest BCUT2D eigenvalue weighted by Gasteiger charge is 2.05. The van der Waals surface area contributed by atoms with Crippen molar-refractivity contribution in [2.24, 2.45) is 0 Å². The van der Waals surface area contributed by atoms with Gasteiger partial charge in [-0.05, 0) is 0 Å². The Morgan fingerprint density at radius 3 is 2.38 bits per heavy atom. The van der Waals surface area contributed by atoms with Crippen LogP contribution in [0, 0.1) is 0 Å². The van der Waals surface area contributed by atoms with Crippen LogP contribution < -0.4 is 0 Å². The summed E-state index contributed by atoms with van der Waals surface area (Å²) in [7, 11) is 0.964. The predicted molar refractivity (Wildman–Crippen MR) is 22.3 cm³/mol. The first-order valence-corrected chi connectivity index (χ1v) is 1.76. The number of carbonyl (C=O) groups excluding carboxylic acids is 1. The van der Waals surface area contributed by atoms with E-state index in [0.29, 0.717) is 0 Å². The number of methoxy groups -OCH3 is 1. The van der Waals surface area contributed by atoms with E-state index in [1.807, 2.05) is 0 Å². The third kappa shape index (κ3) is 1.68. The third-order valence-electron chi connectivity index (χ3n) is 0.476. The zero-order valence-electron chi connectivity index (χ0n) is 4.15. The fourth-order valence-corrected chi connectivity index (χ4v) is 0.142. The lowest BCUT2D eigenvalue weighted by molar-refractivity contribution is -0.137. The van der Waals surface area contributed by atoms with Crippen molar-refractivity contribution in [1.29, 1.82) is 0 Å². The molecule has 0 aliphatic rings. The van der Waals surface area contributed by atoms with Gasteiger partial charge in [-0.1, -0.05) is 0 Å². The first-order valence-electron chi connectivity index (χ1n) is 1.76. The van der Waals surface area contributed by atoms with Gasteiger partial charge in [0.05, 0.1) is 7.11 Å². The summed E-state index contributed by atoms with van der Waals surface area (Å²) in [6, 6.07) is 0. The van der Waals surface area contributed by atoms with Crippen molar-refractivity contribution in [2.75, 3.05) is 7.11 Å². The summed E-state index contributed by atoms with van der Waals surface area (Å²) >= 11 is 0. The molecule has 46 valence electrons. The molecule has 4 heteroatoms. The summed E-state index contributed by atoms with van der Waals surface area (Å²) < 4.78 is 26.3. The first kappa shape index (κ1) is 7.07. The van der Waals surface area contributed by atoms with Crippen LogP contribution in [0.2, 0.25) is 0 Å². The van der Waals surface area contributed by atoms with Gasteiger partial charge in [-0.15, -0.1) is 0 Å². The fourth-order valence-electron chi connectivity index (χ4n) is 0.142. The van der Waals surface area contributed by atoms with E-state index in [2.05, 4.69) is 4.74 Å². The Kier molecular flexibility index (Phi) is 2.76. The van der Waals surface area contributed by atoms with Crippen LogP contribution in [-0.4, -0.2) is 13.1 Å². The Morgan fingerprint density at radius 2 is 2.25 bits per heavy atom. The summed E-state index contributed by atoms with van der Waals surface area (Å²) in [5, 5.41) is 0. The molecule has 0 fully saturated rings. The molecule has 0 aromatic carbocycles. The maximum absolute atomic E-state index is 11.5. The molecule has 0 aromatic heterocycles. The second-order valence-electron chi connectivity index (χ2n) is 0.949. The Balaban J connectivity index is 3.83. The molecule has 0 rings (SSSR count). The van der Waals surface area contributed by atoms with Gasteiger partial charge in [-0.2, -0.15) is 4.39 Å². The third-order valence-corrected chi connectivity index (χ3v) is 0.476. The number of ether oxygens (including phenoxy) is 1. The highest BCUT2D eigenvalue weighted by molar-refractivity contribution is 5.85. The summed E-state index contributed by atoms with van der Waals surface area (Å²) in [5.74, 6) is -2.82. The number of hydrogen-bond donors (Lipinski definition) is 0. The predicted octanol–water partition coefficient (Wildman–Crippen LogP) is 0.940. The monoisotopic (exact) mass is 122 g/mol. The summed E-state index contributed by atoms with van der Waals surface area (Å²) in [6.45, 7) is 0. The molecule has 0 heterocycles. The van der Waals surface area contributed by atoms with Gasteiger partial charge in [0, 0.05) is 0 Å². The molecule has 8 heavy (non-hydrogen) atoms. The van der Waals surface area contributed by atoms with E-state index in [1.54, 1.807) is 0 Å². The topological polar surface area (TPSA) is 26.3 Å². The van der Waals surface area contributed by atoms with Gasteiger partial charge in [-0.3, -0.25) is 0 Å². The number of halogens is 2. The zero-order valence-corrected chi connectivity index (χ0v) is 4.15. The van der Waals surface area contributed by atoms with E-state index < -0.39 is 18.1 Å². The lowest BCUT2D eigenvalue weighted by Gasteiger charge is -1.88. The van der Waals surface area contributed by atoms with E-state index in [0.717, 1.165) is 7.11 Å². The Bertz CT molecular complexity index is 119. The molecule has 0 unspecified atom stereocenters. The molecule has 0 aliphatic heterocycles. The van der Waals surface area contributed by atoms with Gasteiger partial charge < -0.3 is 4.74 Å². The van der Waals surface area contributed by atoms with Crippen molar-refractivity contribution in [3.8, 4) is 0 Å². The van der Waals surface area contributed by atoms with Crippen LogP contribution in [0.4, 0.5) is 8.78 Å². The molecule has 0 atom stereocenters. The van der Waals surface area contributed by atoms with Crippen LogP contribution in [0.15, 0.2) is 12.2 Å². The van der Waals surface area contributed by atoms with Crippen molar-refractivity contribution >= 4 is 5.97 Å². The molecular formula is C4H4F2O2. The van der Waals surface area contributed by atoms with Crippen molar-refractivity contribution in [3.05, 3.63) is 12.2 Å². The van der Waals surface area contributed by atoms with Gasteiger partial charge in [0.2, 0.25) is 5.83 Å². The lowest BCUT2D eigenvalue weighted by Crippen LogP contribution is -1.98. The van der Waals surface area contributed by atoms with Gasteiger partial charge in [0.25, 0.3) is 0 Å². The number of hydrogen-bond acceptors (Lipinski definition) is 2. The molecule has 0 aliphatic carbocycles. The van der Waals surface area contributed by atoms with Gasteiger partial charge in [0.15, 0.2) is 0 Å². The van der Waals surface area contributed by atoms with Crippen molar-refractivity contribution in [3.63, 3.8) is 0 Å². The average Bonchev–Trinajstić information content (AvgIpc) is 1.84. The maximum atomic E-state index is 11.5. The smallest absolute Gasteiger partial charge is 0.369 e. The van der Waals surface area contributed by atoms with Crippen LogP contribution in [0.5, 0.6) is 0 Å².